The molecule has 0 spiro atoms. The van der Waals surface area contributed by atoms with Crippen LogP contribution >= 0.6 is 0 Å². The van der Waals surface area contributed by atoms with Crippen LogP contribution in [0.4, 0.5) is 0 Å². The van der Waals surface area contributed by atoms with E-state index in [-0.39, 0.29) is 18.6 Å². The summed E-state index contributed by atoms with van der Waals surface area (Å²) in [7, 11) is 0. The summed E-state index contributed by atoms with van der Waals surface area (Å²) < 4.78 is 5.97. The number of guanidine groups is 1. The molecule has 2 aromatic carbocycles. The summed E-state index contributed by atoms with van der Waals surface area (Å²) in [5.74, 6) is 1.73. The highest BCUT2D eigenvalue weighted by atomic mass is 16.5. The molecule has 1 heterocycles. The molecule has 0 bridgehead atoms. The van der Waals surface area contributed by atoms with Crippen LogP contribution in [0.1, 0.15) is 24.0 Å². The summed E-state index contributed by atoms with van der Waals surface area (Å²) in [4.78, 5) is 4.65. The summed E-state index contributed by atoms with van der Waals surface area (Å²) in [6.07, 6.45) is 1.02. The van der Waals surface area contributed by atoms with E-state index in [1.165, 1.54) is 5.56 Å². The number of rotatable bonds is 7. The van der Waals surface area contributed by atoms with Crippen molar-refractivity contribution in [2.75, 3.05) is 26.2 Å². The molecule has 0 amide bonds. The fourth-order valence-electron chi connectivity index (χ4n) is 3.12. The number of nitrogens with one attached hydrogen (secondary N) is 2. The average Bonchev–Trinajstić information content (AvgIpc) is 3.10. The number of nitrogens with zero attached hydrogens (tertiary/aromatic N) is 1. The third kappa shape index (κ3) is 4.76. The van der Waals surface area contributed by atoms with Crippen LogP contribution in [-0.4, -0.2) is 43.4 Å². The van der Waals surface area contributed by atoms with Crippen LogP contribution in [0.3, 0.4) is 0 Å². The minimum atomic E-state index is -0.00126. The minimum absolute atomic E-state index is 0.00126. The molecule has 2 unspecified atom stereocenters. The van der Waals surface area contributed by atoms with Gasteiger partial charge in [-0.15, -0.1) is 0 Å². The smallest absolute Gasteiger partial charge is 0.191 e. The first kappa shape index (κ1) is 18.3. The summed E-state index contributed by atoms with van der Waals surface area (Å²) in [6, 6.07) is 18.2. The lowest BCUT2D eigenvalue weighted by Gasteiger charge is -2.17. The Balaban J connectivity index is 1.56. The molecular weight excluding hydrogens is 326 g/mol. The van der Waals surface area contributed by atoms with Gasteiger partial charge in [0.2, 0.25) is 0 Å². The van der Waals surface area contributed by atoms with Crippen molar-refractivity contribution >= 4 is 5.96 Å². The maximum absolute atomic E-state index is 9.69. The van der Waals surface area contributed by atoms with Crippen LogP contribution in [0.25, 0.3) is 0 Å². The lowest BCUT2D eigenvalue weighted by atomic mass is 10.0. The third-order valence-corrected chi connectivity index (χ3v) is 4.52. The lowest BCUT2D eigenvalue weighted by Crippen LogP contribution is -2.42. The number of benzene rings is 2. The Morgan fingerprint density at radius 2 is 1.92 bits per heavy atom. The van der Waals surface area contributed by atoms with Gasteiger partial charge in [-0.1, -0.05) is 48.5 Å². The summed E-state index contributed by atoms with van der Waals surface area (Å²) in [5.41, 5.74) is 2.36. The van der Waals surface area contributed by atoms with Crippen LogP contribution in [0.5, 0.6) is 5.75 Å². The second-order valence-corrected chi connectivity index (χ2v) is 6.44. The molecule has 138 valence electrons. The zero-order chi connectivity index (χ0) is 18.2. The quantitative estimate of drug-likeness (QED) is 0.528. The number of aliphatic hydroxyl groups is 1. The number of aliphatic hydroxyl groups excluding tert-OH is 1. The Morgan fingerprint density at radius 1 is 1.15 bits per heavy atom. The fourth-order valence-corrected chi connectivity index (χ4v) is 3.12. The number of para-hydroxylation sites is 1. The summed E-state index contributed by atoms with van der Waals surface area (Å²) in [6.45, 7) is 4.12. The molecule has 1 aliphatic rings. The van der Waals surface area contributed by atoms with Crippen molar-refractivity contribution in [1.82, 2.24) is 10.6 Å². The van der Waals surface area contributed by atoms with Gasteiger partial charge in [-0.05, 0) is 24.1 Å². The topological polar surface area (TPSA) is 65.9 Å². The van der Waals surface area contributed by atoms with Crippen molar-refractivity contribution in [3.63, 3.8) is 0 Å². The Bertz CT molecular complexity index is 693. The van der Waals surface area contributed by atoms with Crippen molar-refractivity contribution in [1.29, 1.82) is 0 Å². The first-order valence-corrected chi connectivity index (χ1v) is 9.22. The zero-order valence-corrected chi connectivity index (χ0v) is 15.2. The number of hydrogen-bond acceptors (Lipinski definition) is 3. The van der Waals surface area contributed by atoms with E-state index in [1.807, 2.05) is 55.5 Å². The van der Waals surface area contributed by atoms with Crippen molar-refractivity contribution in [2.24, 2.45) is 4.99 Å². The highest BCUT2D eigenvalue weighted by molar-refractivity contribution is 5.79. The first-order valence-electron chi connectivity index (χ1n) is 9.22. The Kier molecular flexibility index (Phi) is 6.50. The minimum Gasteiger partial charge on any atom is -0.488 e. The van der Waals surface area contributed by atoms with Crippen LogP contribution < -0.4 is 15.4 Å². The second-order valence-electron chi connectivity index (χ2n) is 6.44. The molecule has 2 aromatic rings. The Morgan fingerprint density at radius 3 is 2.65 bits per heavy atom. The standard InChI is InChI=1S/C21H27N3O2/c1-2-22-21(23-13-18(15-25)16-8-4-3-5-9-16)24-14-19-12-17-10-6-7-11-20(17)26-19/h3-11,18-19,25H,2,12-15H2,1H3,(H2,22,23,24). The molecule has 1 aliphatic heterocycles. The van der Waals surface area contributed by atoms with E-state index in [0.717, 1.165) is 30.2 Å². The maximum Gasteiger partial charge on any atom is 0.191 e. The average molecular weight is 353 g/mol. The van der Waals surface area contributed by atoms with Gasteiger partial charge in [0, 0.05) is 18.9 Å². The molecule has 0 radical (unpaired) electrons. The first-order chi connectivity index (χ1) is 12.8. The molecule has 0 fully saturated rings. The van der Waals surface area contributed by atoms with Crippen LogP contribution in [0.15, 0.2) is 59.6 Å². The molecule has 3 N–H and O–H groups in total. The van der Waals surface area contributed by atoms with Crippen molar-refractivity contribution in [3.8, 4) is 5.75 Å². The van der Waals surface area contributed by atoms with Gasteiger partial charge in [0.05, 0.1) is 19.7 Å². The van der Waals surface area contributed by atoms with E-state index in [1.54, 1.807) is 0 Å². The summed E-state index contributed by atoms with van der Waals surface area (Å²) in [5, 5.41) is 16.3. The number of fused-ring (bicyclic) bond motifs is 1. The van der Waals surface area contributed by atoms with Gasteiger partial charge in [0.1, 0.15) is 11.9 Å². The molecule has 2 atom stereocenters. The molecule has 5 heteroatoms. The number of aliphatic imine (C=N–C) groups is 1. The molecule has 0 saturated heterocycles. The van der Waals surface area contributed by atoms with Gasteiger partial charge in [0.15, 0.2) is 5.96 Å². The number of hydrogen-bond donors (Lipinski definition) is 3. The maximum atomic E-state index is 9.69. The van der Waals surface area contributed by atoms with E-state index in [0.29, 0.717) is 13.1 Å². The van der Waals surface area contributed by atoms with Crippen molar-refractivity contribution in [2.45, 2.75) is 25.4 Å². The predicted molar refractivity (Wildman–Crippen MR) is 105 cm³/mol. The lowest BCUT2D eigenvalue weighted by molar-refractivity contribution is 0.234. The van der Waals surface area contributed by atoms with E-state index < -0.39 is 0 Å². The Labute approximate surface area is 155 Å². The number of ether oxygens (including phenoxy) is 1. The molecule has 0 saturated carbocycles. The van der Waals surface area contributed by atoms with E-state index in [9.17, 15) is 5.11 Å². The van der Waals surface area contributed by atoms with Gasteiger partial charge >= 0.3 is 0 Å². The SMILES string of the molecule is CCNC(=NCC(CO)c1ccccc1)NCC1Cc2ccccc2O1. The van der Waals surface area contributed by atoms with Gasteiger partial charge in [-0.3, -0.25) is 4.99 Å². The Hall–Kier alpha value is -2.53. The molecule has 5 nitrogen and oxygen atoms in total. The van der Waals surface area contributed by atoms with Crippen molar-refractivity contribution in [3.05, 3.63) is 65.7 Å². The zero-order valence-electron chi connectivity index (χ0n) is 15.2. The van der Waals surface area contributed by atoms with Crippen LogP contribution in [-0.2, 0) is 6.42 Å². The van der Waals surface area contributed by atoms with Gasteiger partial charge in [0.25, 0.3) is 0 Å². The van der Waals surface area contributed by atoms with Crippen LogP contribution in [0, 0.1) is 0 Å². The monoisotopic (exact) mass is 353 g/mol. The van der Waals surface area contributed by atoms with Gasteiger partial charge in [-0.2, -0.15) is 0 Å². The molecular formula is C21H27N3O2. The van der Waals surface area contributed by atoms with Crippen LogP contribution in [0.2, 0.25) is 0 Å². The molecule has 0 aliphatic carbocycles. The highest BCUT2D eigenvalue weighted by Gasteiger charge is 2.22. The molecule has 26 heavy (non-hydrogen) atoms. The highest BCUT2D eigenvalue weighted by Crippen LogP contribution is 2.27. The largest absolute Gasteiger partial charge is 0.488 e. The van der Waals surface area contributed by atoms with E-state index in [4.69, 9.17) is 4.74 Å². The molecule has 0 aromatic heterocycles. The van der Waals surface area contributed by atoms with Gasteiger partial charge in [-0.25, -0.2) is 0 Å². The van der Waals surface area contributed by atoms with E-state index >= 15 is 0 Å². The van der Waals surface area contributed by atoms with E-state index in [2.05, 4.69) is 21.7 Å². The fraction of sp³-hybridized carbons (Fsp3) is 0.381. The predicted octanol–water partition coefficient (Wildman–Crippen LogP) is 2.32. The van der Waals surface area contributed by atoms with Crippen molar-refractivity contribution < 1.29 is 9.84 Å². The summed E-state index contributed by atoms with van der Waals surface area (Å²) >= 11 is 0. The van der Waals surface area contributed by atoms with Gasteiger partial charge < -0.3 is 20.5 Å². The normalized spacial score (nSPS) is 17.3. The second kappa shape index (κ2) is 9.25. The molecule has 3 rings (SSSR count). The third-order valence-electron chi connectivity index (χ3n) is 4.52.